The molecule has 0 aromatic heterocycles. The number of carboxylic acids is 1. The minimum Gasteiger partial charge on any atom is -0.478 e. The zero-order chi connectivity index (χ0) is 13.0. The molecule has 1 aromatic carbocycles. The Morgan fingerprint density at radius 2 is 2.28 bits per heavy atom. The average molecular weight is 245 g/mol. The maximum Gasteiger partial charge on any atom is 0.335 e. The van der Waals surface area contributed by atoms with Crippen LogP contribution in [-0.2, 0) is 0 Å². The van der Waals surface area contributed by atoms with Gasteiger partial charge in [0.1, 0.15) is 0 Å². The van der Waals surface area contributed by atoms with Crippen molar-refractivity contribution in [2.75, 3.05) is 11.9 Å². The maximum atomic E-state index is 10.9. The van der Waals surface area contributed by atoms with Gasteiger partial charge in [0.05, 0.1) is 5.56 Å². The summed E-state index contributed by atoms with van der Waals surface area (Å²) in [6.07, 6.45) is 7.94. The number of nitrogens with one attached hydrogen (secondary N) is 1. The zero-order valence-corrected chi connectivity index (χ0v) is 10.6. The van der Waals surface area contributed by atoms with E-state index >= 15 is 0 Å². The van der Waals surface area contributed by atoms with Gasteiger partial charge in [0.2, 0.25) is 0 Å². The second kappa shape index (κ2) is 5.71. The number of aryl methyl sites for hydroxylation is 1. The van der Waals surface area contributed by atoms with Crippen molar-refractivity contribution in [3.8, 4) is 0 Å². The van der Waals surface area contributed by atoms with Crippen molar-refractivity contribution in [1.29, 1.82) is 0 Å². The largest absolute Gasteiger partial charge is 0.478 e. The zero-order valence-electron chi connectivity index (χ0n) is 10.6. The highest BCUT2D eigenvalue weighted by atomic mass is 16.4. The van der Waals surface area contributed by atoms with Gasteiger partial charge < -0.3 is 10.4 Å². The van der Waals surface area contributed by atoms with E-state index in [0.717, 1.165) is 30.6 Å². The van der Waals surface area contributed by atoms with Gasteiger partial charge in [-0.2, -0.15) is 0 Å². The summed E-state index contributed by atoms with van der Waals surface area (Å²) in [6, 6.07) is 5.22. The summed E-state index contributed by atoms with van der Waals surface area (Å²) >= 11 is 0. The molecule has 0 bridgehead atoms. The van der Waals surface area contributed by atoms with Crippen molar-refractivity contribution in [2.24, 2.45) is 5.92 Å². The lowest BCUT2D eigenvalue weighted by Gasteiger charge is -2.19. The molecule has 0 aliphatic heterocycles. The number of hydrogen-bond acceptors (Lipinski definition) is 2. The molecule has 1 aliphatic carbocycles. The number of hydrogen-bond donors (Lipinski definition) is 2. The van der Waals surface area contributed by atoms with E-state index in [0.29, 0.717) is 11.5 Å². The number of aromatic carboxylic acids is 1. The fourth-order valence-electron chi connectivity index (χ4n) is 2.24. The van der Waals surface area contributed by atoms with E-state index in [9.17, 15) is 4.79 Å². The predicted molar refractivity (Wildman–Crippen MR) is 73.1 cm³/mol. The maximum absolute atomic E-state index is 10.9. The molecule has 1 aromatic rings. The van der Waals surface area contributed by atoms with Crippen molar-refractivity contribution in [2.45, 2.75) is 26.2 Å². The smallest absolute Gasteiger partial charge is 0.335 e. The molecule has 0 amide bonds. The monoisotopic (exact) mass is 245 g/mol. The van der Waals surface area contributed by atoms with Gasteiger partial charge in [-0.3, -0.25) is 0 Å². The normalized spacial score (nSPS) is 18.6. The SMILES string of the molecule is Cc1ccc(C(=O)O)cc1NCC1CC=CCC1. The van der Waals surface area contributed by atoms with E-state index in [1.165, 1.54) is 6.42 Å². The second-order valence-electron chi connectivity index (χ2n) is 4.87. The van der Waals surface area contributed by atoms with Crippen LogP contribution in [0.25, 0.3) is 0 Å². The fraction of sp³-hybridized carbons (Fsp3) is 0.400. The first-order valence-electron chi connectivity index (χ1n) is 6.39. The Labute approximate surface area is 108 Å². The standard InChI is InChI=1S/C15H19NO2/c1-11-7-8-13(15(17)18)9-14(11)16-10-12-5-3-2-4-6-12/h2-3,7-9,12,16H,4-6,10H2,1H3,(H,17,18). The highest BCUT2D eigenvalue weighted by molar-refractivity contribution is 5.89. The molecule has 1 atom stereocenters. The Morgan fingerprint density at radius 1 is 1.44 bits per heavy atom. The molecule has 2 N–H and O–H groups in total. The molecule has 0 fully saturated rings. The molecule has 0 spiro atoms. The van der Waals surface area contributed by atoms with Crippen molar-refractivity contribution in [3.05, 3.63) is 41.5 Å². The Morgan fingerprint density at radius 3 is 2.94 bits per heavy atom. The average Bonchev–Trinajstić information content (AvgIpc) is 2.38. The molecule has 0 saturated heterocycles. The van der Waals surface area contributed by atoms with Crippen molar-refractivity contribution in [1.82, 2.24) is 0 Å². The first kappa shape index (κ1) is 12.7. The summed E-state index contributed by atoms with van der Waals surface area (Å²) < 4.78 is 0. The quantitative estimate of drug-likeness (QED) is 0.799. The summed E-state index contributed by atoms with van der Waals surface area (Å²) in [5, 5.41) is 12.4. The van der Waals surface area contributed by atoms with Gasteiger partial charge in [-0.05, 0) is 49.8 Å². The highest BCUT2D eigenvalue weighted by Gasteiger charge is 2.11. The molecule has 1 unspecified atom stereocenters. The number of anilines is 1. The molecule has 0 saturated carbocycles. The van der Waals surface area contributed by atoms with E-state index in [-0.39, 0.29) is 0 Å². The van der Waals surface area contributed by atoms with Gasteiger partial charge in [-0.1, -0.05) is 18.2 Å². The van der Waals surface area contributed by atoms with Crippen LogP contribution in [0.15, 0.2) is 30.4 Å². The third-order valence-electron chi connectivity index (χ3n) is 3.44. The highest BCUT2D eigenvalue weighted by Crippen LogP contribution is 2.21. The first-order chi connectivity index (χ1) is 8.66. The van der Waals surface area contributed by atoms with Crippen LogP contribution in [0.1, 0.15) is 35.2 Å². The van der Waals surface area contributed by atoms with Crippen LogP contribution in [0.4, 0.5) is 5.69 Å². The minimum atomic E-state index is -0.876. The summed E-state index contributed by atoms with van der Waals surface area (Å²) in [6.45, 7) is 2.91. The molecular weight excluding hydrogens is 226 g/mol. The van der Waals surface area contributed by atoms with Gasteiger partial charge in [0.25, 0.3) is 0 Å². The van der Waals surface area contributed by atoms with Crippen molar-refractivity contribution in [3.63, 3.8) is 0 Å². The van der Waals surface area contributed by atoms with E-state index in [1.807, 2.05) is 13.0 Å². The summed E-state index contributed by atoms with van der Waals surface area (Å²) in [5.74, 6) is -0.221. The summed E-state index contributed by atoms with van der Waals surface area (Å²) in [7, 11) is 0. The van der Waals surface area contributed by atoms with Crippen molar-refractivity contribution < 1.29 is 9.90 Å². The lowest BCUT2D eigenvalue weighted by atomic mass is 9.94. The van der Waals surface area contributed by atoms with Crippen LogP contribution in [0, 0.1) is 12.8 Å². The molecular formula is C15H19NO2. The Hall–Kier alpha value is -1.77. The summed E-state index contributed by atoms with van der Waals surface area (Å²) in [4.78, 5) is 10.9. The van der Waals surface area contributed by atoms with E-state index < -0.39 is 5.97 Å². The van der Waals surface area contributed by atoms with Gasteiger partial charge in [0.15, 0.2) is 0 Å². The van der Waals surface area contributed by atoms with Crippen LogP contribution >= 0.6 is 0 Å². The number of carbonyl (C=O) groups is 1. The molecule has 1 aliphatic rings. The van der Waals surface area contributed by atoms with E-state index in [2.05, 4.69) is 17.5 Å². The third-order valence-corrected chi connectivity index (χ3v) is 3.44. The number of rotatable bonds is 4. The van der Waals surface area contributed by atoms with E-state index in [4.69, 9.17) is 5.11 Å². The molecule has 3 heteroatoms. The Bertz CT molecular complexity index is 466. The van der Waals surface area contributed by atoms with Crippen LogP contribution < -0.4 is 5.32 Å². The second-order valence-corrected chi connectivity index (χ2v) is 4.87. The van der Waals surface area contributed by atoms with Gasteiger partial charge >= 0.3 is 5.97 Å². The topological polar surface area (TPSA) is 49.3 Å². The Balaban J connectivity index is 2.01. The molecule has 0 heterocycles. The fourth-order valence-corrected chi connectivity index (χ4v) is 2.24. The number of benzene rings is 1. The van der Waals surface area contributed by atoms with Crippen LogP contribution in [0.5, 0.6) is 0 Å². The number of allylic oxidation sites excluding steroid dienone is 2. The van der Waals surface area contributed by atoms with Gasteiger partial charge in [-0.25, -0.2) is 4.79 Å². The van der Waals surface area contributed by atoms with Crippen LogP contribution in [0.3, 0.4) is 0 Å². The molecule has 96 valence electrons. The third kappa shape index (κ3) is 3.13. The number of carboxylic acid groups (broad SMARTS) is 1. The lowest BCUT2D eigenvalue weighted by Crippen LogP contribution is -2.16. The van der Waals surface area contributed by atoms with Gasteiger partial charge in [0, 0.05) is 12.2 Å². The molecule has 18 heavy (non-hydrogen) atoms. The minimum absolute atomic E-state index is 0.339. The van der Waals surface area contributed by atoms with Crippen LogP contribution in [0.2, 0.25) is 0 Å². The van der Waals surface area contributed by atoms with Crippen molar-refractivity contribution >= 4 is 11.7 Å². The predicted octanol–water partition coefficient (Wildman–Crippen LogP) is 3.46. The van der Waals surface area contributed by atoms with Gasteiger partial charge in [-0.15, -0.1) is 0 Å². The summed E-state index contributed by atoms with van der Waals surface area (Å²) in [5.41, 5.74) is 2.36. The lowest BCUT2D eigenvalue weighted by molar-refractivity contribution is 0.0697. The molecule has 0 radical (unpaired) electrons. The Kier molecular flexibility index (Phi) is 4.03. The van der Waals surface area contributed by atoms with E-state index in [1.54, 1.807) is 12.1 Å². The molecule has 2 rings (SSSR count). The molecule has 3 nitrogen and oxygen atoms in total. The van der Waals surface area contributed by atoms with Crippen LogP contribution in [-0.4, -0.2) is 17.6 Å². The first-order valence-corrected chi connectivity index (χ1v) is 6.39.